The Hall–Kier alpha value is -7.20. The molecule has 0 fully saturated rings. The van der Waals surface area contributed by atoms with E-state index < -0.39 is 142 Å². The molecule has 0 radical (unpaired) electrons. The summed E-state index contributed by atoms with van der Waals surface area (Å²) in [6.45, 7) is 13.0. The Morgan fingerprint density at radius 1 is 0.625 bits per heavy atom. The van der Waals surface area contributed by atoms with E-state index in [0.717, 1.165) is 21.9 Å². The topological polar surface area (TPSA) is 33.5 Å². The summed E-state index contributed by atoms with van der Waals surface area (Å²) in [6, 6.07) is 24.7. The summed E-state index contributed by atoms with van der Waals surface area (Å²) in [4.78, 5) is 7.88. The van der Waals surface area contributed by atoms with Gasteiger partial charge in [0.05, 0.1) is 19.2 Å². The van der Waals surface area contributed by atoms with Crippen molar-refractivity contribution in [2.24, 2.45) is 0 Å². The summed E-state index contributed by atoms with van der Waals surface area (Å²) >= 11 is 0. The zero-order chi connectivity index (χ0) is 63.9. The predicted molar refractivity (Wildman–Crippen MR) is 297 cm³/mol. The number of rotatable bonds is 9. The zero-order valence-electron chi connectivity index (χ0n) is 57.9. The average molecular weight is 1140 g/mol. The number of nitrogens with zero attached hydrogens (tertiary/aromatic N) is 4. The second-order valence-corrected chi connectivity index (χ2v) is 19.9. The molecule has 5 nitrogen and oxygen atoms in total. The van der Waals surface area contributed by atoms with Gasteiger partial charge >= 0.3 is 0 Å². The molecule has 0 amide bonds. The van der Waals surface area contributed by atoms with Crippen LogP contribution in [0.15, 0.2) is 182 Å². The van der Waals surface area contributed by atoms with Gasteiger partial charge < -0.3 is 19.1 Å². The number of hydrogen-bond acceptors (Lipinski definition) is 4. The molecule has 0 saturated heterocycles. The number of aromatic nitrogens is 2. The molecule has 0 saturated carbocycles. The largest absolute Gasteiger partial charge is 0.509 e. The molecule has 2 aromatic heterocycles. The van der Waals surface area contributed by atoms with E-state index in [1.165, 1.54) is 11.6 Å². The molecular formula is C66H59N4OPt-3. The molecule has 10 aromatic rings. The molecule has 1 aliphatic rings. The van der Waals surface area contributed by atoms with Crippen molar-refractivity contribution >= 4 is 44.6 Å². The van der Waals surface area contributed by atoms with E-state index >= 15 is 0 Å². The van der Waals surface area contributed by atoms with Gasteiger partial charge in [0.25, 0.3) is 0 Å². The third-order valence-electron chi connectivity index (χ3n) is 12.5. The van der Waals surface area contributed by atoms with E-state index in [4.69, 9.17) is 19.3 Å². The van der Waals surface area contributed by atoms with E-state index in [-0.39, 0.29) is 54.7 Å². The first kappa shape index (κ1) is 32.0. The fourth-order valence-corrected chi connectivity index (χ4v) is 8.68. The van der Waals surface area contributed by atoms with Gasteiger partial charge in [-0.15, -0.1) is 48.1 Å². The number of anilines is 4. The molecule has 3 heterocycles. The van der Waals surface area contributed by atoms with Crippen molar-refractivity contribution in [3.63, 3.8) is 0 Å². The fraction of sp³-hybridized carbons (Fsp3) is 0.182. The molecule has 0 spiro atoms. The van der Waals surface area contributed by atoms with Crippen molar-refractivity contribution in [3.8, 4) is 50.7 Å². The van der Waals surface area contributed by atoms with Crippen LogP contribution >= 0.6 is 0 Å². The van der Waals surface area contributed by atoms with Gasteiger partial charge in [0, 0.05) is 76.6 Å². The van der Waals surface area contributed by atoms with Gasteiger partial charge in [0.1, 0.15) is 5.82 Å². The van der Waals surface area contributed by atoms with Crippen LogP contribution in [0.3, 0.4) is 0 Å². The van der Waals surface area contributed by atoms with Gasteiger partial charge in [-0.2, -0.15) is 12.1 Å². The Balaban J connectivity index is 0.00000873. The second kappa shape index (κ2) is 19.1. The summed E-state index contributed by atoms with van der Waals surface area (Å²) in [5.74, 6) is 0.776. The molecule has 8 aromatic carbocycles. The maximum atomic E-state index is 9.88. The number of pyridine rings is 1. The standard InChI is InChI=1S/C66H59N4O.Pt/c1-43(2)45-24-26-46(27-25-45)48-30-34-54(44(3)38-48)58-20-15-19-55(47-28-31-49(32-29-47)65(4,5)6)64(58)69-42-68(60-22-12-13-23-61(60)69)51-16-14-17-52(40-51)71-53-33-35-57-56-18-10-11-21-59(56)70(62(57)41-53)63-39-50(36-37-67-63)66(7,8)9;/h10-39,42-43H,1-9H3;/q-3;/i3D3,15D,19D,20D,24D,25D,26D,27D,28D,29D,30D,31D,32D,34D,38D;. The van der Waals surface area contributed by atoms with Crippen LogP contribution in [0.4, 0.5) is 22.7 Å². The van der Waals surface area contributed by atoms with Crippen LogP contribution < -0.4 is 14.5 Å². The molecular weight excluding hydrogens is 1060 g/mol. The first-order valence-electron chi connectivity index (χ1n) is 31.9. The summed E-state index contributed by atoms with van der Waals surface area (Å²) in [5.41, 5.74) is -2.29. The maximum absolute atomic E-state index is 9.88. The Morgan fingerprint density at radius 3 is 2.04 bits per heavy atom. The molecule has 11 rings (SSSR count). The van der Waals surface area contributed by atoms with Gasteiger partial charge in [0.2, 0.25) is 0 Å². The number of para-hydroxylation sites is 4. The van der Waals surface area contributed by atoms with Crippen LogP contribution in [0.1, 0.15) is 107 Å². The van der Waals surface area contributed by atoms with Crippen molar-refractivity contribution in [3.05, 3.63) is 223 Å². The summed E-state index contributed by atoms with van der Waals surface area (Å²) in [6.07, 6.45) is 1.79. The SMILES string of the molecule is [2H]c1c([2H])c(-c2c([2H])c([2H])c(C(C)(C)C)c([2H])c2[2H])c(N2[CH-]N(c3[c-]c(Oc4[c-]c5c(cc4)c4ccccc4n5-c4cc(C(C)(C)C)ccn4)ccc3)c3ccccc32)c(-c2c([2H])c([2H])c(-c3c([2H])c([2H])c(C(C)C)c([2H])c3[2H])c([2H])c2C([2H])([2H])[2H])c1[2H].[Pt]. The van der Waals surface area contributed by atoms with E-state index in [9.17, 15) is 13.7 Å². The van der Waals surface area contributed by atoms with Crippen LogP contribution in [0.2, 0.25) is 0 Å². The van der Waals surface area contributed by atoms with Crippen LogP contribution in [0, 0.1) is 25.7 Å². The monoisotopic (exact) mass is 1140 g/mol. The van der Waals surface area contributed by atoms with Crippen molar-refractivity contribution < 1.29 is 49.1 Å². The summed E-state index contributed by atoms with van der Waals surface area (Å²) in [7, 11) is 0. The normalized spacial score (nSPS) is 16.2. The van der Waals surface area contributed by atoms with E-state index in [0.29, 0.717) is 28.5 Å². The first-order valence-corrected chi connectivity index (χ1v) is 23.4. The smallest absolute Gasteiger partial charge is 0.135 e. The van der Waals surface area contributed by atoms with Crippen molar-refractivity contribution in [2.75, 3.05) is 9.80 Å². The molecule has 6 heteroatoms. The third kappa shape index (κ3) is 9.05. The van der Waals surface area contributed by atoms with Gasteiger partial charge in [-0.25, -0.2) is 4.98 Å². The van der Waals surface area contributed by atoms with E-state index in [1.54, 1.807) is 94.2 Å². The minimum Gasteiger partial charge on any atom is -0.509 e. The van der Waals surface area contributed by atoms with Gasteiger partial charge in [0.15, 0.2) is 0 Å². The van der Waals surface area contributed by atoms with Crippen LogP contribution in [-0.2, 0) is 31.9 Å². The number of hydrogen-bond donors (Lipinski definition) is 0. The van der Waals surface area contributed by atoms with Crippen molar-refractivity contribution in [1.29, 1.82) is 0 Å². The molecule has 0 unspecified atom stereocenters. The van der Waals surface area contributed by atoms with Crippen LogP contribution in [0.5, 0.6) is 11.5 Å². The zero-order valence-corrected chi connectivity index (χ0v) is 43.2. The predicted octanol–water partition coefficient (Wildman–Crippen LogP) is 18.0. The Bertz CT molecular complexity index is 4530. The Kier molecular flexibility index (Phi) is 8.48. The molecule has 1 aliphatic heterocycles. The third-order valence-corrected chi connectivity index (χ3v) is 12.5. The van der Waals surface area contributed by atoms with Gasteiger partial charge in [-0.05, 0) is 104 Å². The van der Waals surface area contributed by atoms with Crippen LogP contribution in [0.25, 0.3) is 61.0 Å². The van der Waals surface area contributed by atoms with E-state index in [2.05, 4.69) is 39.0 Å². The molecule has 0 atom stereocenters. The first-order chi connectivity index (χ1) is 41.3. The number of ether oxygens (including phenoxy) is 1. The Morgan fingerprint density at radius 2 is 1.31 bits per heavy atom. The molecule has 0 bridgehead atoms. The second-order valence-electron chi connectivity index (χ2n) is 19.9. The molecule has 72 heavy (non-hydrogen) atoms. The average Bonchev–Trinajstić information content (AvgIpc) is 1.49. The molecule has 362 valence electrons. The van der Waals surface area contributed by atoms with Crippen molar-refractivity contribution in [2.45, 2.75) is 79.0 Å². The summed E-state index contributed by atoms with van der Waals surface area (Å²) < 4.78 is 168. The molecule has 0 N–H and O–H groups in total. The van der Waals surface area contributed by atoms with Crippen LogP contribution in [-0.4, -0.2) is 9.55 Å². The van der Waals surface area contributed by atoms with Gasteiger partial charge in [-0.3, -0.25) is 0 Å². The molecule has 0 aliphatic carbocycles. The van der Waals surface area contributed by atoms with Crippen molar-refractivity contribution in [1.82, 2.24) is 9.55 Å². The maximum Gasteiger partial charge on any atom is 0.135 e. The Labute approximate surface area is 463 Å². The van der Waals surface area contributed by atoms with E-state index in [1.807, 2.05) is 41.0 Å². The minimum atomic E-state index is -3.43. The number of fused-ring (bicyclic) bond motifs is 4. The summed E-state index contributed by atoms with van der Waals surface area (Å²) in [5, 5.41) is 1.90. The minimum absolute atomic E-state index is 0. The van der Waals surface area contributed by atoms with Gasteiger partial charge in [-0.1, -0.05) is 176 Å². The fourth-order valence-electron chi connectivity index (χ4n) is 8.68. The number of benzene rings is 8. The quantitative estimate of drug-likeness (QED) is 0.135.